The number of halogens is 5. The lowest BCUT2D eigenvalue weighted by Crippen LogP contribution is -2.17. The summed E-state index contributed by atoms with van der Waals surface area (Å²) in [5, 5.41) is 3.56. The van der Waals surface area contributed by atoms with Gasteiger partial charge in [0.2, 0.25) is 0 Å². The molecule has 0 spiro atoms. The summed E-state index contributed by atoms with van der Waals surface area (Å²) in [6.45, 7) is 0. The lowest BCUT2D eigenvalue weighted by atomic mass is 10.1. The molecular weight excluding hydrogens is 338 g/mol. The normalized spacial score (nSPS) is 19.4. The van der Waals surface area contributed by atoms with Gasteiger partial charge in [-0.2, -0.15) is 0 Å². The van der Waals surface area contributed by atoms with Gasteiger partial charge in [-0.25, -0.2) is 0 Å². The van der Waals surface area contributed by atoms with Gasteiger partial charge in [0.25, 0.3) is 0 Å². The number of hydrogen-bond acceptors (Lipinski definition) is 3. The van der Waals surface area contributed by atoms with Gasteiger partial charge in [-0.15, -0.1) is 13.2 Å². The van der Waals surface area contributed by atoms with E-state index in [9.17, 15) is 13.2 Å². The second kappa shape index (κ2) is 4.97. The van der Waals surface area contributed by atoms with Crippen molar-refractivity contribution in [1.82, 2.24) is 0 Å². The first-order chi connectivity index (χ1) is 8.35. The van der Waals surface area contributed by atoms with Crippen LogP contribution in [0.5, 0.6) is 5.75 Å². The van der Waals surface area contributed by atoms with E-state index in [1.807, 2.05) is 0 Å². The summed E-state index contributed by atoms with van der Waals surface area (Å²) in [6, 6.07) is 3.98. The van der Waals surface area contributed by atoms with Crippen molar-refractivity contribution >= 4 is 32.2 Å². The Hall–Kier alpha value is -0.950. The Morgan fingerprint density at radius 3 is 2.67 bits per heavy atom. The van der Waals surface area contributed by atoms with Gasteiger partial charge in [-0.3, -0.25) is 0 Å². The average molecular weight is 345 g/mol. The number of nitrogens with zero attached hydrogens (tertiary/aromatic N) is 1. The summed E-state index contributed by atoms with van der Waals surface area (Å²) >= 11 is 8.89. The van der Waals surface area contributed by atoms with E-state index in [1.165, 1.54) is 12.1 Å². The maximum absolute atomic E-state index is 12.0. The minimum Gasteiger partial charge on any atom is -0.404 e. The first kappa shape index (κ1) is 13.5. The van der Waals surface area contributed by atoms with Crippen LogP contribution in [0.15, 0.2) is 23.4 Å². The summed E-state index contributed by atoms with van der Waals surface area (Å²) in [5.74, 6) is -0.439. The number of alkyl halides is 3. The third-order valence-electron chi connectivity index (χ3n) is 2.19. The van der Waals surface area contributed by atoms with Crippen LogP contribution in [-0.4, -0.2) is 11.0 Å². The Kier molecular flexibility index (Phi) is 3.72. The topological polar surface area (TPSA) is 30.8 Å². The largest absolute Gasteiger partial charge is 0.573 e. The van der Waals surface area contributed by atoms with Gasteiger partial charge in [0, 0.05) is 6.42 Å². The lowest BCUT2D eigenvalue weighted by molar-refractivity contribution is -0.274. The molecule has 1 aromatic rings. The quantitative estimate of drug-likeness (QED) is 0.796. The van der Waals surface area contributed by atoms with E-state index in [0.717, 1.165) is 6.07 Å². The fraction of sp³-hybridized carbons (Fsp3) is 0.300. The van der Waals surface area contributed by atoms with Gasteiger partial charge >= 0.3 is 6.36 Å². The van der Waals surface area contributed by atoms with Gasteiger partial charge in [-0.1, -0.05) is 22.8 Å². The SMILES string of the molecule is FC(F)(F)Oc1ccc([C@@H]2CC(Br)=NO2)cc1Cl. The number of oxime groups is 1. The van der Waals surface area contributed by atoms with E-state index in [4.69, 9.17) is 16.4 Å². The molecule has 0 fully saturated rings. The van der Waals surface area contributed by atoms with E-state index in [2.05, 4.69) is 25.8 Å². The van der Waals surface area contributed by atoms with Crippen molar-refractivity contribution in [2.45, 2.75) is 18.9 Å². The molecule has 1 aliphatic rings. The molecule has 1 aromatic carbocycles. The molecule has 1 heterocycles. The minimum absolute atomic E-state index is 0.128. The predicted octanol–water partition coefficient (Wildman–Crippen LogP) is 4.41. The van der Waals surface area contributed by atoms with Crippen LogP contribution in [0.2, 0.25) is 5.02 Å². The highest BCUT2D eigenvalue weighted by Gasteiger charge is 2.32. The van der Waals surface area contributed by atoms with Crippen molar-refractivity contribution in [2.75, 3.05) is 0 Å². The zero-order valence-electron chi connectivity index (χ0n) is 8.67. The summed E-state index contributed by atoms with van der Waals surface area (Å²) in [7, 11) is 0. The van der Waals surface area contributed by atoms with Gasteiger partial charge in [0.1, 0.15) is 10.4 Å². The van der Waals surface area contributed by atoms with Crippen LogP contribution in [0.4, 0.5) is 13.2 Å². The Balaban J connectivity index is 2.15. The van der Waals surface area contributed by atoms with Gasteiger partial charge in [0.15, 0.2) is 6.10 Å². The van der Waals surface area contributed by atoms with Crippen molar-refractivity contribution in [3.63, 3.8) is 0 Å². The molecule has 0 N–H and O–H groups in total. The first-order valence-electron chi connectivity index (χ1n) is 4.78. The predicted molar refractivity (Wildman–Crippen MR) is 62.9 cm³/mol. The Bertz CT molecular complexity index is 493. The lowest BCUT2D eigenvalue weighted by Gasteiger charge is -2.13. The first-order valence-corrected chi connectivity index (χ1v) is 5.95. The second-order valence-electron chi connectivity index (χ2n) is 3.50. The number of benzene rings is 1. The molecule has 18 heavy (non-hydrogen) atoms. The highest BCUT2D eigenvalue weighted by atomic mass is 79.9. The Morgan fingerprint density at radius 1 is 1.44 bits per heavy atom. The second-order valence-corrected chi connectivity index (χ2v) is 4.83. The summed E-state index contributed by atoms with van der Waals surface area (Å²) in [4.78, 5) is 5.07. The highest BCUT2D eigenvalue weighted by Crippen LogP contribution is 2.35. The zero-order valence-corrected chi connectivity index (χ0v) is 11.0. The number of hydrogen-bond donors (Lipinski definition) is 0. The fourth-order valence-corrected chi connectivity index (χ4v) is 2.06. The Labute approximate surface area is 114 Å². The average Bonchev–Trinajstić information content (AvgIpc) is 2.66. The molecule has 8 heteroatoms. The van der Waals surface area contributed by atoms with E-state index >= 15 is 0 Å². The maximum atomic E-state index is 12.0. The molecule has 1 atom stereocenters. The summed E-state index contributed by atoms with van der Waals surface area (Å²) in [5.41, 5.74) is 0.632. The van der Waals surface area contributed by atoms with E-state index < -0.39 is 12.1 Å². The van der Waals surface area contributed by atoms with Crippen LogP contribution in [0.1, 0.15) is 18.1 Å². The third kappa shape index (κ3) is 3.29. The van der Waals surface area contributed by atoms with E-state index in [-0.39, 0.29) is 11.1 Å². The highest BCUT2D eigenvalue weighted by molar-refractivity contribution is 9.18. The molecule has 0 amide bonds. The van der Waals surface area contributed by atoms with Crippen LogP contribution >= 0.6 is 27.5 Å². The van der Waals surface area contributed by atoms with E-state index in [1.54, 1.807) is 0 Å². The molecular formula is C10H6BrClF3NO2. The van der Waals surface area contributed by atoms with Crippen molar-refractivity contribution in [2.24, 2.45) is 5.16 Å². The molecule has 0 saturated carbocycles. The Morgan fingerprint density at radius 2 is 2.17 bits per heavy atom. The monoisotopic (exact) mass is 343 g/mol. The van der Waals surface area contributed by atoms with Gasteiger partial charge < -0.3 is 9.57 Å². The van der Waals surface area contributed by atoms with Crippen LogP contribution < -0.4 is 4.74 Å². The van der Waals surface area contributed by atoms with Crippen LogP contribution in [-0.2, 0) is 4.84 Å². The van der Waals surface area contributed by atoms with Gasteiger partial charge in [0.05, 0.1) is 5.02 Å². The van der Waals surface area contributed by atoms with Crippen molar-refractivity contribution in [3.05, 3.63) is 28.8 Å². The number of ether oxygens (including phenoxy) is 1. The molecule has 0 aliphatic carbocycles. The summed E-state index contributed by atoms with van der Waals surface area (Å²) < 4.78 is 40.5. The van der Waals surface area contributed by atoms with Crippen molar-refractivity contribution in [1.29, 1.82) is 0 Å². The third-order valence-corrected chi connectivity index (χ3v) is 2.95. The van der Waals surface area contributed by atoms with Crippen molar-refractivity contribution < 1.29 is 22.7 Å². The van der Waals surface area contributed by atoms with E-state index in [0.29, 0.717) is 16.6 Å². The van der Waals surface area contributed by atoms with Gasteiger partial charge in [-0.05, 0) is 33.6 Å². The molecule has 0 bridgehead atoms. The van der Waals surface area contributed by atoms with Crippen LogP contribution in [0, 0.1) is 0 Å². The molecule has 0 aromatic heterocycles. The zero-order chi connectivity index (χ0) is 13.3. The van der Waals surface area contributed by atoms with Crippen molar-refractivity contribution in [3.8, 4) is 5.75 Å². The molecule has 1 aliphatic heterocycles. The molecule has 98 valence electrons. The summed E-state index contributed by atoms with van der Waals surface area (Å²) in [6.07, 6.45) is -4.60. The standard InChI is InChI=1S/C10H6BrClF3NO2/c11-9-4-8(18-16-9)5-1-2-7(6(12)3-5)17-10(13,14)15/h1-3,8H,4H2/t8-/m0/s1. The molecule has 0 radical (unpaired) electrons. The molecule has 2 rings (SSSR count). The minimum atomic E-state index is -4.76. The van der Waals surface area contributed by atoms with Crippen LogP contribution in [0.3, 0.4) is 0 Å². The van der Waals surface area contributed by atoms with Crippen LogP contribution in [0.25, 0.3) is 0 Å². The molecule has 0 saturated heterocycles. The maximum Gasteiger partial charge on any atom is 0.573 e. The fourth-order valence-electron chi connectivity index (χ4n) is 1.45. The number of rotatable bonds is 2. The molecule has 3 nitrogen and oxygen atoms in total. The smallest absolute Gasteiger partial charge is 0.404 e. The molecule has 0 unspecified atom stereocenters.